The molecule has 0 radical (unpaired) electrons. The SMILES string of the molecule is O=C(Nc1cc(F)ccc1N1CCOCC1)c1ccc(F)c(F)c1. The van der Waals surface area contributed by atoms with Crippen molar-refractivity contribution >= 4 is 17.3 Å². The first-order valence-corrected chi connectivity index (χ1v) is 7.43. The van der Waals surface area contributed by atoms with Gasteiger partial charge in [0, 0.05) is 18.7 Å². The zero-order chi connectivity index (χ0) is 17.1. The number of ether oxygens (including phenoxy) is 1. The van der Waals surface area contributed by atoms with Gasteiger partial charge in [-0.1, -0.05) is 0 Å². The highest BCUT2D eigenvalue weighted by molar-refractivity contribution is 6.06. The van der Waals surface area contributed by atoms with Crippen molar-refractivity contribution in [3.63, 3.8) is 0 Å². The molecule has 126 valence electrons. The highest BCUT2D eigenvalue weighted by Gasteiger charge is 2.18. The van der Waals surface area contributed by atoms with Crippen molar-refractivity contribution in [1.82, 2.24) is 0 Å². The fourth-order valence-electron chi connectivity index (χ4n) is 2.52. The number of hydrogen-bond acceptors (Lipinski definition) is 3. The highest BCUT2D eigenvalue weighted by atomic mass is 19.2. The van der Waals surface area contributed by atoms with Crippen LogP contribution in [0.15, 0.2) is 36.4 Å². The van der Waals surface area contributed by atoms with E-state index < -0.39 is 23.4 Å². The second-order valence-corrected chi connectivity index (χ2v) is 5.34. The minimum absolute atomic E-state index is 0.0499. The van der Waals surface area contributed by atoms with Gasteiger partial charge in [0.25, 0.3) is 5.91 Å². The Balaban J connectivity index is 1.86. The largest absolute Gasteiger partial charge is 0.378 e. The molecule has 0 bridgehead atoms. The third-order valence-corrected chi connectivity index (χ3v) is 3.74. The zero-order valence-electron chi connectivity index (χ0n) is 12.7. The summed E-state index contributed by atoms with van der Waals surface area (Å²) in [5.74, 6) is -3.30. The number of hydrogen-bond donors (Lipinski definition) is 1. The van der Waals surface area contributed by atoms with Crippen LogP contribution < -0.4 is 10.2 Å². The standard InChI is InChI=1S/C17H15F3N2O2/c18-12-2-4-16(22-5-7-24-8-6-22)15(10-12)21-17(23)11-1-3-13(19)14(20)9-11/h1-4,9-10H,5-8H2,(H,21,23). The van der Waals surface area contributed by atoms with Gasteiger partial charge in [-0.25, -0.2) is 13.2 Å². The van der Waals surface area contributed by atoms with Crippen LogP contribution in [0.2, 0.25) is 0 Å². The second kappa shape index (κ2) is 6.92. The number of anilines is 2. The molecule has 0 aromatic heterocycles. The summed E-state index contributed by atoms with van der Waals surface area (Å²) in [6.45, 7) is 2.29. The highest BCUT2D eigenvalue weighted by Crippen LogP contribution is 2.28. The lowest BCUT2D eigenvalue weighted by molar-refractivity contribution is 0.102. The molecule has 2 aromatic carbocycles. The monoisotopic (exact) mass is 336 g/mol. The molecule has 0 saturated carbocycles. The Morgan fingerprint density at radius 1 is 1.00 bits per heavy atom. The van der Waals surface area contributed by atoms with Crippen molar-refractivity contribution in [3.8, 4) is 0 Å². The van der Waals surface area contributed by atoms with E-state index in [0.29, 0.717) is 32.0 Å². The van der Waals surface area contributed by atoms with E-state index in [0.717, 1.165) is 12.1 Å². The number of halogens is 3. The predicted molar refractivity (Wildman–Crippen MR) is 83.7 cm³/mol. The van der Waals surface area contributed by atoms with E-state index in [1.807, 2.05) is 4.90 Å². The van der Waals surface area contributed by atoms with Crippen LogP contribution >= 0.6 is 0 Å². The molecule has 4 nitrogen and oxygen atoms in total. The molecular weight excluding hydrogens is 321 g/mol. The molecule has 3 rings (SSSR count). The number of nitrogens with one attached hydrogen (secondary N) is 1. The minimum Gasteiger partial charge on any atom is -0.378 e. The molecule has 0 unspecified atom stereocenters. The molecule has 1 N–H and O–H groups in total. The Morgan fingerprint density at radius 2 is 1.75 bits per heavy atom. The van der Waals surface area contributed by atoms with Crippen molar-refractivity contribution in [2.24, 2.45) is 0 Å². The fraction of sp³-hybridized carbons (Fsp3) is 0.235. The summed E-state index contributed by atoms with van der Waals surface area (Å²) in [4.78, 5) is 14.2. The molecule has 2 aromatic rings. The maximum atomic E-state index is 13.6. The summed E-state index contributed by atoms with van der Waals surface area (Å²) in [7, 11) is 0. The number of morpholine rings is 1. The van der Waals surface area contributed by atoms with E-state index in [1.54, 1.807) is 6.07 Å². The number of benzene rings is 2. The van der Waals surface area contributed by atoms with Gasteiger partial charge in [0.2, 0.25) is 0 Å². The molecule has 1 aliphatic heterocycles. The average molecular weight is 336 g/mol. The van der Waals surface area contributed by atoms with Crippen LogP contribution in [-0.4, -0.2) is 32.2 Å². The molecule has 1 saturated heterocycles. The van der Waals surface area contributed by atoms with Gasteiger partial charge in [0.05, 0.1) is 24.6 Å². The van der Waals surface area contributed by atoms with Crippen LogP contribution in [0, 0.1) is 17.5 Å². The summed E-state index contributed by atoms with van der Waals surface area (Å²) >= 11 is 0. The van der Waals surface area contributed by atoms with Crippen molar-refractivity contribution in [2.45, 2.75) is 0 Å². The van der Waals surface area contributed by atoms with Gasteiger partial charge in [0.15, 0.2) is 11.6 Å². The van der Waals surface area contributed by atoms with E-state index in [1.165, 1.54) is 18.2 Å². The van der Waals surface area contributed by atoms with Crippen molar-refractivity contribution in [3.05, 3.63) is 59.4 Å². The lowest BCUT2D eigenvalue weighted by Gasteiger charge is -2.30. The quantitative estimate of drug-likeness (QED) is 0.936. The number of carbonyl (C=O) groups excluding carboxylic acids is 1. The van der Waals surface area contributed by atoms with Crippen molar-refractivity contribution in [2.75, 3.05) is 36.5 Å². The van der Waals surface area contributed by atoms with Gasteiger partial charge < -0.3 is 15.0 Å². The fourth-order valence-corrected chi connectivity index (χ4v) is 2.52. The number of rotatable bonds is 3. The lowest BCUT2D eigenvalue weighted by Crippen LogP contribution is -2.36. The van der Waals surface area contributed by atoms with Crippen LogP contribution in [0.1, 0.15) is 10.4 Å². The average Bonchev–Trinajstić information content (AvgIpc) is 2.58. The number of nitrogens with zero attached hydrogens (tertiary/aromatic N) is 1. The van der Waals surface area contributed by atoms with Crippen LogP contribution in [0.4, 0.5) is 24.5 Å². The summed E-state index contributed by atoms with van der Waals surface area (Å²) in [6, 6.07) is 6.92. The van der Waals surface area contributed by atoms with E-state index in [-0.39, 0.29) is 11.3 Å². The first kappa shape index (κ1) is 16.3. The van der Waals surface area contributed by atoms with Gasteiger partial charge in [-0.15, -0.1) is 0 Å². The smallest absolute Gasteiger partial charge is 0.255 e. The van der Waals surface area contributed by atoms with E-state index >= 15 is 0 Å². The third-order valence-electron chi connectivity index (χ3n) is 3.74. The molecule has 0 atom stereocenters. The Labute approximate surface area is 136 Å². The van der Waals surface area contributed by atoms with Crippen LogP contribution in [-0.2, 0) is 4.74 Å². The Kier molecular flexibility index (Phi) is 4.71. The number of carbonyl (C=O) groups is 1. The van der Waals surface area contributed by atoms with E-state index in [2.05, 4.69) is 5.32 Å². The molecule has 1 fully saturated rings. The molecule has 0 aliphatic carbocycles. The minimum atomic E-state index is -1.12. The number of amides is 1. The second-order valence-electron chi connectivity index (χ2n) is 5.34. The molecule has 0 spiro atoms. The van der Waals surface area contributed by atoms with Gasteiger partial charge in [-0.2, -0.15) is 0 Å². The summed E-state index contributed by atoms with van der Waals surface area (Å²) in [6.07, 6.45) is 0. The maximum Gasteiger partial charge on any atom is 0.255 e. The topological polar surface area (TPSA) is 41.6 Å². The van der Waals surface area contributed by atoms with Gasteiger partial charge in [-0.05, 0) is 36.4 Å². The molecule has 7 heteroatoms. The van der Waals surface area contributed by atoms with E-state index in [9.17, 15) is 18.0 Å². The first-order chi connectivity index (χ1) is 11.5. The third kappa shape index (κ3) is 3.51. The molecule has 1 aliphatic rings. The normalized spacial score (nSPS) is 14.5. The van der Waals surface area contributed by atoms with E-state index in [4.69, 9.17) is 4.74 Å². The van der Waals surface area contributed by atoms with Gasteiger partial charge in [-0.3, -0.25) is 4.79 Å². The van der Waals surface area contributed by atoms with Gasteiger partial charge in [0.1, 0.15) is 5.82 Å². The molecule has 1 heterocycles. The molecule has 1 amide bonds. The Hall–Kier alpha value is -2.54. The molecule has 24 heavy (non-hydrogen) atoms. The van der Waals surface area contributed by atoms with Crippen molar-refractivity contribution in [1.29, 1.82) is 0 Å². The van der Waals surface area contributed by atoms with Crippen LogP contribution in [0.25, 0.3) is 0 Å². The van der Waals surface area contributed by atoms with Gasteiger partial charge >= 0.3 is 0 Å². The van der Waals surface area contributed by atoms with Crippen LogP contribution in [0.3, 0.4) is 0 Å². The molecular formula is C17H15F3N2O2. The lowest BCUT2D eigenvalue weighted by atomic mass is 10.1. The Bertz CT molecular complexity index is 761. The van der Waals surface area contributed by atoms with Crippen LogP contribution in [0.5, 0.6) is 0 Å². The van der Waals surface area contributed by atoms with Crippen molar-refractivity contribution < 1.29 is 22.7 Å². The summed E-state index contributed by atoms with van der Waals surface area (Å²) in [5, 5.41) is 2.56. The summed E-state index contributed by atoms with van der Waals surface area (Å²) in [5.41, 5.74) is 0.869. The predicted octanol–water partition coefficient (Wildman–Crippen LogP) is 3.19. The summed E-state index contributed by atoms with van der Waals surface area (Å²) < 4.78 is 45.1. The first-order valence-electron chi connectivity index (χ1n) is 7.43. The Morgan fingerprint density at radius 3 is 2.46 bits per heavy atom. The maximum absolute atomic E-state index is 13.6. The zero-order valence-corrected chi connectivity index (χ0v) is 12.7.